The number of hydrazine groups is 1. The number of furan rings is 1. The predicted octanol–water partition coefficient (Wildman–Crippen LogP) is 3.57. The third-order valence-electron chi connectivity index (χ3n) is 7.16. The number of likely N-dealkylation sites (N-methyl/N-ethyl adjacent to an activating group) is 1. The maximum absolute atomic E-state index is 13.9. The van der Waals surface area contributed by atoms with Crippen LogP contribution in [0.4, 0.5) is 0 Å². The largest absolute Gasteiger partial charge is 0.464 e. The van der Waals surface area contributed by atoms with E-state index >= 15 is 0 Å². The molecule has 11 heteroatoms. The average molecular weight is 601 g/mol. The lowest BCUT2D eigenvalue weighted by Gasteiger charge is -2.37. The van der Waals surface area contributed by atoms with E-state index in [1.807, 2.05) is 58.0 Å². The minimum atomic E-state index is -4.04. The van der Waals surface area contributed by atoms with Gasteiger partial charge < -0.3 is 14.8 Å². The summed E-state index contributed by atoms with van der Waals surface area (Å²) in [5.41, 5.74) is 4.09. The van der Waals surface area contributed by atoms with Gasteiger partial charge in [0, 0.05) is 24.9 Å². The molecule has 10 nitrogen and oxygen atoms in total. The normalized spacial score (nSPS) is 14.2. The lowest BCUT2D eigenvalue weighted by atomic mass is 9.98. The third-order valence-corrected chi connectivity index (χ3v) is 8.98. The highest BCUT2D eigenvalue weighted by Gasteiger charge is 2.36. The van der Waals surface area contributed by atoms with E-state index in [2.05, 4.69) is 10.7 Å². The average Bonchev–Trinajstić information content (AvgIpc) is 3.43. The molecule has 3 atom stereocenters. The first-order chi connectivity index (χ1) is 20.0. The number of rotatable bonds is 15. The third kappa shape index (κ3) is 8.87. The summed E-state index contributed by atoms with van der Waals surface area (Å²) in [5, 5.41) is 16.4. The topological polar surface area (TPSA) is 132 Å². The molecule has 0 bridgehead atoms. The number of fused-ring (bicyclic) bond motifs is 1. The first-order valence-corrected chi connectivity index (χ1v) is 15.9. The van der Waals surface area contributed by atoms with Gasteiger partial charge >= 0.3 is 0 Å². The van der Waals surface area contributed by atoms with Gasteiger partial charge in [-0.3, -0.25) is 15.0 Å². The lowest BCUT2D eigenvalue weighted by molar-refractivity contribution is -0.148. The summed E-state index contributed by atoms with van der Waals surface area (Å²) in [5.74, 6) is -0.792. The molecule has 0 radical (unpaired) electrons. The fourth-order valence-electron chi connectivity index (χ4n) is 4.72. The van der Waals surface area contributed by atoms with Gasteiger partial charge in [-0.1, -0.05) is 64.4 Å². The number of carbonyl (C=O) groups is 2. The number of aliphatic hydroxyl groups excluding tert-OH is 1. The maximum atomic E-state index is 13.9. The zero-order chi connectivity index (χ0) is 30.9. The van der Waals surface area contributed by atoms with Crippen molar-refractivity contribution < 1.29 is 27.5 Å². The lowest BCUT2D eigenvalue weighted by Crippen LogP contribution is -2.60. The Kier molecular flexibility index (Phi) is 12.1. The molecule has 0 spiro atoms. The van der Waals surface area contributed by atoms with Crippen LogP contribution in [-0.4, -0.2) is 73.5 Å². The van der Waals surface area contributed by atoms with E-state index in [1.54, 1.807) is 25.2 Å². The summed E-state index contributed by atoms with van der Waals surface area (Å²) < 4.78 is 34.5. The highest BCUT2D eigenvalue weighted by molar-refractivity contribution is 7.89. The van der Waals surface area contributed by atoms with E-state index in [9.17, 15) is 23.1 Å². The van der Waals surface area contributed by atoms with E-state index in [-0.39, 0.29) is 55.1 Å². The summed E-state index contributed by atoms with van der Waals surface area (Å²) in [6.45, 7) is 7.55. The quantitative estimate of drug-likeness (QED) is 0.227. The highest BCUT2D eigenvalue weighted by Crippen LogP contribution is 2.25. The van der Waals surface area contributed by atoms with Crippen molar-refractivity contribution in [2.45, 2.75) is 64.0 Å². The molecule has 1 aromatic heterocycles. The number of hydrogen-bond donors (Lipinski definition) is 3. The minimum Gasteiger partial charge on any atom is -0.464 e. The zero-order valence-corrected chi connectivity index (χ0v) is 25.9. The standard InChI is InChI=1S/C31H44N4O6S/c1-6-23(4)16-31(38)35(33-30(37)19-32-5)27(17-24-10-8-7-9-11-24)28(36)21-34(20-22(2)3)42(39,40)26-12-13-29-25(18-26)14-15-41-29/h7-15,18,22-23,27-28,32,36H,6,16-17,19-21H2,1-5H3,(H,33,37)/t23-,27?,28+/m0/s1. The number of nitrogens with zero attached hydrogens (tertiary/aromatic N) is 2. The van der Waals surface area contributed by atoms with Gasteiger partial charge in [0.25, 0.3) is 5.91 Å². The van der Waals surface area contributed by atoms with Crippen molar-refractivity contribution in [3.63, 3.8) is 0 Å². The summed E-state index contributed by atoms with van der Waals surface area (Å²) >= 11 is 0. The van der Waals surface area contributed by atoms with Gasteiger partial charge in [0.1, 0.15) is 5.58 Å². The van der Waals surface area contributed by atoms with Crippen LogP contribution in [0.3, 0.4) is 0 Å². The van der Waals surface area contributed by atoms with Gasteiger partial charge in [0.2, 0.25) is 15.9 Å². The highest BCUT2D eigenvalue weighted by atomic mass is 32.2. The molecule has 0 fully saturated rings. The maximum Gasteiger partial charge on any atom is 0.252 e. The number of aliphatic hydroxyl groups is 1. The molecule has 42 heavy (non-hydrogen) atoms. The van der Waals surface area contributed by atoms with Crippen molar-refractivity contribution in [3.8, 4) is 0 Å². The van der Waals surface area contributed by atoms with Crippen LogP contribution in [0.2, 0.25) is 0 Å². The Bertz CT molecular complexity index is 1410. The van der Waals surface area contributed by atoms with Crippen molar-refractivity contribution in [1.82, 2.24) is 20.1 Å². The van der Waals surface area contributed by atoms with E-state index in [0.717, 1.165) is 12.0 Å². The monoisotopic (exact) mass is 600 g/mol. The second-order valence-corrected chi connectivity index (χ2v) is 13.1. The zero-order valence-electron chi connectivity index (χ0n) is 25.1. The van der Waals surface area contributed by atoms with E-state index in [4.69, 9.17) is 4.42 Å². The molecule has 2 amide bonds. The molecular formula is C31H44N4O6S. The second-order valence-electron chi connectivity index (χ2n) is 11.2. The molecule has 2 aromatic carbocycles. The van der Waals surface area contributed by atoms with Crippen LogP contribution in [0.1, 0.15) is 46.1 Å². The molecule has 0 saturated heterocycles. The predicted molar refractivity (Wildman–Crippen MR) is 163 cm³/mol. The Morgan fingerprint density at radius 1 is 1.02 bits per heavy atom. The number of nitrogens with one attached hydrogen (secondary N) is 2. The number of sulfonamides is 1. The van der Waals surface area contributed by atoms with Crippen LogP contribution in [0.25, 0.3) is 11.0 Å². The molecular weight excluding hydrogens is 556 g/mol. The smallest absolute Gasteiger partial charge is 0.252 e. The summed E-state index contributed by atoms with van der Waals surface area (Å²) in [6.07, 6.45) is 1.29. The van der Waals surface area contributed by atoms with Crippen molar-refractivity contribution >= 4 is 32.8 Å². The Morgan fingerprint density at radius 2 is 1.74 bits per heavy atom. The molecule has 3 aromatic rings. The Morgan fingerprint density at radius 3 is 2.38 bits per heavy atom. The van der Waals surface area contributed by atoms with Gasteiger partial charge in [0.15, 0.2) is 0 Å². The van der Waals surface area contributed by atoms with Crippen LogP contribution in [-0.2, 0) is 26.0 Å². The second kappa shape index (κ2) is 15.3. The van der Waals surface area contributed by atoms with Crippen LogP contribution >= 0.6 is 0 Å². The van der Waals surface area contributed by atoms with Crippen molar-refractivity contribution in [2.24, 2.45) is 11.8 Å². The Hall–Kier alpha value is -3.25. The number of benzene rings is 2. The summed E-state index contributed by atoms with van der Waals surface area (Å²) in [4.78, 5) is 26.4. The van der Waals surface area contributed by atoms with E-state index < -0.39 is 28.1 Å². The van der Waals surface area contributed by atoms with Gasteiger partial charge in [-0.05, 0) is 55.1 Å². The van der Waals surface area contributed by atoms with Crippen molar-refractivity contribution in [1.29, 1.82) is 0 Å². The molecule has 0 aliphatic heterocycles. The first-order valence-electron chi connectivity index (χ1n) is 14.4. The van der Waals surface area contributed by atoms with Gasteiger partial charge in [-0.15, -0.1) is 0 Å². The Labute approximate surface area is 249 Å². The molecule has 1 heterocycles. The Balaban J connectivity index is 2.01. The van der Waals surface area contributed by atoms with Crippen molar-refractivity contribution in [3.05, 3.63) is 66.4 Å². The fourth-order valence-corrected chi connectivity index (χ4v) is 6.38. The fraction of sp³-hybridized carbons (Fsp3) is 0.484. The first kappa shape index (κ1) is 33.3. The number of hydrogen-bond acceptors (Lipinski definition) is 7. The number of amides is 2. The molecule has 0 aliphatic carbocycles. The van der Waals surface area contributed by atoms with E-state index in [0.29, 0.717) is 11.0 Å². The van der Waals surface area contributed by atoms with Crippen LogP contribution in [0.15, 0.2) is 70.2 Å². The molecule has 0 aliphatic rings. The van der Waals surface area contributed by atoms with Crippen LogP contribution in [0, 0.1) is 11.8 Å². The van der Waals surface area contributed by atoms with Gasteiger partial charge in [0.05, 0.1) is 29.8 Å². The minimum absolute atomic E-state index is 0.0361. The molecule has 0 saturated carbocycles. The summed E-state index contributed by atoms with van der Waals surface area (Å²) in [6, 6.07) is 14.7. The SMILES string of the molecule is CC[C@H](C)CC(=O)N(NC(=O)CNC)C(Cc1ccccc1)[C@H](O)CN(CC(C)C)S(=O)(=O)c1ccc2occc2c1. The molecule has 230 valence electrons. The summed E-state index contributed by atoms with van der Waals surface area (Å²) in [7, 11) is -2.41. The van der Waals surface area contributed by atoms with Crippen LogP contribution < -0.4 is 10.7 Å². The molecule has 3 rings (SSSR count). The van der Waals surface area contributed by atoms with E-state index in [1.165, 1.54) is 21.6 Å². The van der Waals surface area contributed by atoms with Crippen molar-refractivity contribution in [2.75, 3.05) is 26.7 Å². The molecule has 3 N–H and O–H groups in total. The van der Waals surface area contributed by atoms with Crippen LogP contribution in [0.5, 0.6) is 0 Å². The van der Waals surface area contributed by atoms with Gasteiger partial charge in [-0.2, -0.15) is 4.31 Å². The van der Waals surface area contributed by atoms with Gasteiger partial charge in [-0.25, -0.2) is 13.4 Å². The molecule has 1 unspecified atom stereocenters. The number of carbonyl (C=O) groups excluding carboxylic acids is 2.